The fraction of sp³-hybridized carbons (Fsp3) is 0.500. The largest absolute Gasteiger partial charge is 0.573 e. The summed E-state index contributed by atoms with van der Waals surface area (Å²) in [5.41, 5.74) is 0.378. The molecule has 1 aliphatic rings. The quantitative estimate of drug-likeness (QED) is 0.737. The van der Waals surface area contributed by atoms with E-state index in [1.54, 1.807) is 6.07 Å². The molecule has 0 aliphatic carbocycles. The Morgan fingerprint density at radius 3 is 2.84 bits per heavy atom. The van der Waals surface area contributed by atoms with Gasteiger partial charge in [-0.25, -0.2) is 0 Å². The van der Waals surface area contributed by atoms with Gasteiger partial charge in [0.1, 0.15) is 12.0 Å². The Morgan fingerprint density at radius 2 is 2.21 bits per heavy atom. The van der Waals surface area contributed by atoms with Gasteiger partial charge in [-0.3, -0.25) is 0 Å². The highest BCUT2D eigenvalue weighted by molar-refractivity contribution is 5.48. The van der Waals surface area contributed by atoms with Gasteiger partial charge in [-0.2, -0.15) is 0 Å². The van der Waals surface area contributed by atoms with Crippen molar-refractivity contribution in [3.05, 3.63) is 24.3 Å². The molecule has 1 heterocycles. The summed E-state index contributed by atoms with van der Waals surface area (Å²) in [4.78, 5) is 0. The van der Waals surface area contributed by atoms with E-state index in [9.17, 15) is 18.3 Å². The van der Waals surface area contributed by atoms with Crippen LogP contribution in [0.25, 0.3) is 0 Å². The van der Waals surface area contributed by atoms with Crippen LogP contribution in [0.1, 0.15) is 12.8 Å². The van der Waals surface area contributed by atoms with Crippen LogP contribution in [0.5, 0.6) is 5.75 Å². The minimum Gasteiger partial charge on any atom is -0.406 e. The van der Waals surface area contributed by atoms with Crippen molar-refractivity contribution >= 4 is 5.69 Å². The topological polar surface area (TPSA) is 53.5 Å². The van der Waals surface area contributed by atoms with Crippen molar-refractivity contribution in [2.75, 3.05) is 11.9 Å². The molecule has 1 unspecified atom stereocenters. The molecule has 2 atom stereocenters. The predicted octanol–water partition coefficient (Wildman–Crippen LogP) is 2.07. The molecule has 1 aromatic carbocycles. The molecule has 0 aromatic heterocycles. The van der Waals surface area contributed by atoms with E-state index in [-0.39, 0.29) is 11.8 Å². The van der Waals surface area contributed by atoms with Crippen LogP contribution in [-0.2, 0) is 0 Å². The molecule has 4 nitrogen and oxygen atoms in total. The van der Waals surface area contributed by atoms with Gasteiger partial charge in [-0.05, 0) is 31.5 Å². The summed E-state index contributed by atoms with van der Waals surface area (Å²) in [6.45, 7) is 0.834. The highest BCUT2D eigenvalue weighted by atomic mass is 19.4. The summed E-state index contributed by atoms with van der Waals surface area (Å²) in [7, 11) is 0. The minimum absolute atomic E-state index is 0.0906. The highest BCUT2D eigenvalue weighted by Gasteiger charge is 2.31. The third-order valence-electron chi connectivity index (χ3n) is 2.86. The van der Waals surface area contributed by atoms with Crippen LogP contribution in [0.4, 0.5) is 18.9 Å². The van der Waals surface area contributed by atoms with Crippen molar-refractivity contribution < 1.29 is 23.0 Å². The summed E-state index contributed by atoms with van der Waals surface area (Å²) >= 11 is 0. The number of nitrogens with one attached hydrogen (secondary N) is 2. The van der Waals surface area contributed by atoms with Gasteiger partial charge in [-0.1, -0.05) is 6.07 Å². The molecule has 7 heteroatoms. The standard InChI is InChI=1S/C12H15F3N2O2/c13-12(14,15)19-9-4-1-3-8(7-9)17-11(18)10-5-2-6-16-10/h1,3-4,7,10-11,16-18H,2,5-6H2/t10-,11?/m0/s1. The molecule has 3 N–H and O–H groups in total. The number of rotatable bonds is 4. The molecule has 1 fully saturated rings. The Bertz CT molecular complexity index is 420. The van der Waals surface area contributed by atoms with Crippen LogP contribution >= 0.6 is 0 Å². The summed E-state index contributed by atoms with van der Waals surface area (Å²) < 4.78 is 40.0. The van der Waals surface area contributed by atoms with Gasteiger partial charge >= 0.3 is 6.36 Å². The van der Waals surface area contributed by atoms with Crippen LogP contribution in [-0.4, -0.2) is 30.3 Å². The van der Waals surface area contributed by atoms with E-state index in [0.29, 0.717) is 5.69 Å². The predicted molar refractivity (Wildman–Crippen MR) is 63.8 cm³/mol. The third-order valence-corrected chi connectivity index (χ3v) is 2.86. The zero-order valence-electron chi connectivity index (χ0n) is 10.1. The maximum absolute atomic E-state index is 12.1. The Balaban J connectivity index is 1.98. The molecule has 19 heavy (non-hydrogen) atoms. The summed E-state index contributed by atoms with van der Waals surface area (Å²) in [5.74, 6) is -0.316. The third kappa shape index (κ3) is 4.29. The number of benzene rings is 1. The Kier molecular flexibility index (Phi) is 4.16. The number of hydrogen-bond acceptors (Lipinski definition) is 4. The smallest absolute Gasteiger partial charge is 0.406 e. The molecule has 0 bridgehead atoms. The highest BCUT2D eigenvalue weighted by Crippen LogP contribution is 2.25. The van der Waals surface area contributed by atoms with E-state index in [2.05, 4.69) is 15.4 Å². The number of ether oxygens (including phenoxy) is 1. The summed E-state index contributed by atoms with van der Waals surface area (Å²) in [6.07, 6.45) is -3.76. The van der Waals surface area contributed by atoms with Gasteiger partial charge in [0.25, 0.3) is 0 Å². The second kappa shape index (κ2) is 5.66. The average Bonchev–Trinajstić information content (AvgIpc) is 2.80. The Morgan fingerprint density at radius 1 is 1.42 bits per heavy atom. The van der Waals surface area contributed by atoms with Gasteiger partial charge in [0.2, 0.25) is 0 Å². The first-order valence-corrected chi connectivity index (χ1v) is 5.98. The van der Waals surface area contributed by atoms with Crippen LogP contribution < -0.4 is 15.4 Å². The fourth-order valence-electron chi connectivity index (χ4n) is 2.04. The van der Waals surface area contributed by atoms with Gasteiger partial charge in [0.05, 0.1) is 6.04 Å². The molecule has 0 radical (unpaired) electrons. The average molecular weight is 276 g/mol. The van der Waals surface area contributed by atoms with Gasteiger partial charge in [-0.15, -0.1) is 13.2 Å². The second-order valence-corrected chi connectivity index (χ2v) is 4.37. The molecule has 1 aromatic rings. The maximum atomic E-state index is 12.1. The van der Waals surface area contributed by atoms with Crippen LogP contribution in [0, 0.1) is 0 Å². The number of halogens is 3. The first-order chi connectivity index (χ1) is 8.94. The molecule has 0 spiro atoms. The van der Waals surface area contributed by atoms with E-state index < -0.39 is 12.6 Å². The van der Waals surface area contributed by atoms with E-state index >= 15 is 0 Å². The molecular formula is C12H15F3N2O2. The van der Waals surface area contributed by atoms with Crippen molar-refractivity contribution in [3.8, 4) is 5.75 Å². The first kappa shape index (κ1) is 14.0. The maximum Gasteiger partial charge on any atom is 0.573 e. The second-order valence-electron chi connectivity index (χ2n) is 4.37. The molecule has 106 valence electrons. The fourth-order valence-corrected chi connectivity index (χ4v) is 2.04. The van der Waals surface area contributed by atoms with E-state index in [1.165, 1.54) is 18.2 Å². The molecule has 2 rings (SSSR count). The molecule has 1 aliphatic heterocycles. The van der Waals surface area contributed by atoms with Crippen LogP contribution in [0.15, 0.2) is 24.3 Å². The van der Waals surface area contributed by atoms with Crippen LogP contribution in [0.3, 0.4) is 0 Å². The van der Waals surface area contributed by atoms with Gasteiger partial charge < -0.3 is 20.5 Å². The van der Waals surface area contributed by atoms with E-state index in [4.69, 9.17) is 0 Å². The SMILES string of the molecule is OC(Nc1cccc(OC(F)(F)F)c1)[C@@H]1CCCN1. The van der Waals surface area contributed by atoms with Crippen molar-refractivity contribution in [2.45, 2.75) is 31.5 Å². The number of anilines is 1. The summed E-state index contributed by atoms with van der Waals surface area (Å²) in [6, 6.07) is 5.32. The lowest BCUT2D eigenvalue weighted by Gasteiger charge is -2.21. The minimum atomic E-state index is -4.72. The Labute approximate surface area is 108 Å². The lowest BCUT2D eigenvalue weighted by atomic mass is 10.2. The molecule has 0 amide bonds. The lowest BCUT2D eigenvalue weighted by Crippen LogP contribution is -2.39. The number of aliphatic hydroxyl groups is 1. The van der Waals surface area contributed by atoms with Gasteiger partial charge in [0, 0.05) is 11.8 Å². The molecule has 0 saturated carbocycles. The number of alkyl halides is 3. The van der Waals surface area contributed by atoms with Crippen molar-refractivity contribution in [2.24, 2.45) is 0 Å². The van der Waals surface area contributed by atoms with Gasteiger partial charge in [0.15, 0.2) is 0 Å². The number of aliphatic hydroxyl groups excluding tert-OH is 1. The van der Waals surface area contributed by atoms with E-state index in [1.807, 2.05) is 0 Å². The Hall–Kier alpha value is -1.47. The molecular weight excluding hydrogens is 261 g/mol. The van der Waals surface area contributed by atoms with Crippen molar-refractivity contribution in [3.63, 3.8) is 0 Å². The van der Waals surface area contributed by atoms with E-state index in [0.717, 1.165) is 19.4 Å². The normalized spacial score (nSPS) is 21.2. The molecule has 1 saturated heterocycles. The lowest BCUT2D eigenvalue weighted by molar-refractivity contribution is -0.274. The summed E-state index contributed by atoms with van der Waals surface area (Å²) in [5, 5.41) is 15.8. The van der Waals surface area contributed by atoms with Crippen LogP contribution in [0.2, 0.25) is 0 Å². The number of hydrogen-bond donors (Lipinski definition) is 3. The van der Waals surface area contributed by atoms with Crippen molar-refractivity contribution in [1.82, 2.24) is 5.32 Å². The zero-order chi connectivity index (χ0) is 13.9. The first-order valence-electron chi connectivity index (χ1n) is 5.98. The zero-order valence-corrected chi connectivity index (χ0v) is 10.1. The van der Waals surface area contributed by atoms with Crippen molar-refractivity contribution in [1.29, 1.82) is 0 Å². The monoisotopic (exact) mass is 276 g/mol.